The van der Waals surface area contributed by atoms with Gasteiger partial charge in [-0.25, -0.2) is 8.78 Å². The second kappa shape index (κ2) is 7.91. The Bertz CT molecular complexity index is 1430. The van der Waals surface area contributed by atoms with Crippen molar-refractivity contribution in [3.05, 3.63) is 58.9 Å². The van der Waals surface area contributed by atoms with E-state index in [1.54, 1.807) is 25.3 Å². The monoisotopic (exact) mass is 465 g/mol. The molecule has 1 saturated heterocycles. The van der Waals surface area contributed by atoms with E-state index in [4.69, 9.17) is 4.74 Å². The van der Waals surface area contributed by atoms with Crippen LogP contribution in [0.1, 0.15) is 54.3 Å². The van der Waals surface area contributed by atoms with Crippen LogP contribution < -0.4 is 0 Å². The van der Waals surface area contributed by atoms with Gasteiger partial charge in [-0.05, 0) is 73.9 Å². The van der Waals surface area contributed by atoms with Crippen molar-refractivity contribution in [3.63, 3.8) is 0 Å². The Morgan fingerprint density at radius 1 is 1.18 bits per heavy atom. The number of carboxylic acid groups (broad SMARTS) is 1. The molecule has 2 N–H and O–H groups in total. The molecule has 0 atom stereocenters. The summed E-state index contributed by atoms with van der Waals surface area (Å²) in [5, 5.41) is 17.5. The fraction of sp³-hybridized carbons (Fsp3) is 0.385. The fourth-order valence-corrected chi connectivity index (χ4v) is 5.74. The van der Waals surface area contributed by atoms with Gasteiger partial charge in [0.2, 0.25) is 0 Å². The van der Waals surface area contributed by atoms with E-state index in [1.165, 1.54) is 6.07 Å². The Kier molecular flexibility index (Phi) is 4.95. The fourth-order valence-electron chi connectivity index (χ4n) is 5.74. The number of nitrogens with one attached hydrogen (secondary N) is 1. The Morgan fingerprint density at radius 3 is 2.65 bits per heavy atom. The zero-order valence-electron chi connectivity index (χ0n) is 18.8. The van der Waals surface area contributed by atoms with Crippen LogP contribution in [0.2, 0.25) is 0 Å². The first-order valence-electron chi connectivity index (χ1n) is 11.7. The zero-order chi connectivity index (χ0) is 23.6. The smallest absolute Gasteiger partial charge is 0.306 e. The van der Waals surface area contributed by atoms with Crippen LogP contribution in [0.3, 0.4) is 0 Å². The molecule has 2 fully saturated rings. The molecule has 34 heavy (non-hydrogen) atoms. The molecule has 4 aromatic rings. The van der Waals surface area contributed by atoms with E-state index in [0.717, 1.165) is 29.8 Å². The zero-order valence-corrected chi connectivity index (χ0v) is 18.8. The van der Waals surface area contributed by atoms with Crippen LogP contribution in [0.4, 0.5) is 8.78 Å². The predicted octanol–water partition coefficient (Wildman–Crippen LogP) is 5.57. The number of fused-ring (bicyclic) bond motifs is 2. The minimum Gasteiger partial charge on any atom is -0.481 e. The number of aromatic nitrogens is 3. The number of nitrogens with zero attached hydrogens (tertiary/aromatic N) is 2. The largest absolute Gasteiger partial charge is 0.481 e. The molecule has 2 aromatic carbocycles. The van der Waals surface area contributed by atoms with Crippen molar-refractivity contribution in [2.75, 3.05) is 13.2 Å². The van der Waals surface area contributed by atoms with E-state index >= 15 is 4.39 Å². The lowest BCUT2D eigenvalue weighted by Gasteiger charge is -2.35. The minimum atomic E-state index is -0.807. The molecule has 1 aliphatic heterocycles. The van der Waals surface area contributed by atoms with Crippen LogP contribution in [0.5, 0.6) is 0 Å². The lowest BCUT2D eigenvalue weighted by Crippen LogP contribution is -2.30. The summed E-state index contributed by atoms with van der Waals surface area (Å²) in [6.45, 7) is 2.95. The number of hydrogen-bond donors (Lipinski definition) is 2. The lowest BCUT2D eigenvalue weighted by molar-refractivity contribution is -0.145. The van der Waals surface area contributed by atoms with Crippen LogP contribution in [0.25, 0.3) is 27.5 Å². The first kappa shape index (κ1) is 21.3. The van der Waals surface area contributed by atoms with Crippen LogP contribution in [-0.2, 0) is 9.53 Å². The molecule has 6 rings (SSSR count). The molecule has 0 unspecified atom stereocenters. The van der Waals surface area contributed by atoms with Gasteiger partial charge in [0.1, 0.15) is 11.3 Å². The van der Waals surface area contributed by atoms with Crippen molar-refractivity contribution in [2.24, 2.45) is 5.92 Å². The van der Waals surface area contributed by atoms with Crippen LogP contribution >= 0.6 is 0 Å². The summed E-state index contributed by atoms with van der Waals surface area (Å²) in [5.74, 6) is -1.82. The van der Waals surface area contributed by atoms with Gasteiger partial charge in [-0.3, -0.25) is 9.89 Å². The van der Waals surface area contributed by atoms with Gasteiger partial charge in [-0.2, -0.15) is 5.10 Å². The maximum Gasteiger partial charge on any atom is 0.306 e. The molecule has 6 nitrogen and oxygen atoms in total. The van der Waals surface area contributed by atoms with Gasteiger partial charge in [-0.15, -0.1) is 0 Å². The number of carbonyl (C=O) groups is 1. The number of carboxylic acids is 1. The predicted molar refractivity (Wildman–Crippen MR) is 123 cm³/mol. The average Bonchev–Trinajstić information content (AvgIpc) is 3.39. The molecule has 8 heteroatoms. The maximum atomic E-state index is 16.1. The molecule has 0 amide bonds. The minimum absolute atomic E-state index is 0.0564. The van der Waals surface area contributed by atoms with Crippen LogP contribution in [-0.4, -0.2) is 39.1 Å². The van der Waals surface area contributed by atoms with Crippen molar-refractivity contribution in [3.8, 4) is 5.69 Å². The molecular formula is C26H25F2N3O3. The van der Waals surface area contributed by atoms with Crippen molar-refractivity contribution in [2.45, 2.75) is 44.4 Å². The molecule has 0 bridgehead atoms. The first-order chi connectivity index (χ1) is 16.4. The van der Waals surface area contributed by atoms with Crippen LogP contribution in [0.15, 0.2) is 30.5 Å². The summed E-state index contributed by atoms with van der Waals surface area (Å²) in [7, 11) is 0. The number of H-pyrrole nitrogens is 1. The number of aryl methyl sites for hydroxylation is 1. The Balaban J connectivity index is 1.69. The van der Waals surface area contributed by atoms with Gasteiger partial charge in [0, 0.05) is 41.3 Å². The number of aromatic amines is 1. The van der Waals surface area contributed by atoms with E-state index in [-0.39, 0.29) is 23.5 Å². The number of ether oxygens (including phenoxy) is 1. The number of aliphatic carboxylic acids is 1. The molecule has 2 aromatic heterocycles. The summed E-state index contributed by atoms with van der Waals surface area (Å²) in [6, 6.07) is 6.89. The second-order valence-corrected chi connectivity index (χ2v) is 9.58. The topological polar surface area (TPSA) is 80.1 Å². The quantitative estimate of drug-likeness (QED) is 0.413. The van der Waals surface area contributed by atoms with Crippen molar-refractivity contribution < 1.29 is 23.4 Å². The SMILES string of the molecule is Cc1cc(-n2c(C3CCOCC3)c([C@H]3C[C@H](C(=O)O)C3)c3c(F)c4[nH]ncc4cc32)ccc1F. The van der Waals surface area contributed by atoms with E-state index in [1.807, 2.05) is 6.07 Å². The number of hydrogen-bond acceptors (Lipinski definition) is 3. The number of benzene rings is 2. The van der Waals surface area contributed by atoms with Gasteiger partial charge in [-0.1, -0.05) is 0 Å². The number of halogens is 2. The molecule has 0 radical (unpaired) electrons. The van der Waals surface area contributed by atoms with Gasteiger partial charge in [0.25, 0.3) is 0 Å². The van der Waals surface area contributed by atoms with Crippen LogP contribution in [0, 0.1) is 24.5 Å². The molecule has 3 heterocycles. The Labute approximate surface area is 194 Å². The summed E-state index contributed by atoms with van der Waals surface area (Å²) < 4.78 is 37.9. The van der Waals surface area contributed by atoms with E-state index in [0.29, 0.717) is 53.4 Å². The molecule has 0 spiro atoms. The highest BCUT2D eigenvalue weighted by Crippen LogP contribution is 2.51. The van der Waals surface area contributed by atoms with Crippen molar-refractivity contribution >= 4 is 27.8 Å². The van der Waals surface area contributed by atoms with E-state index in [2.05, 4.69) is 14.8 Å². The van der Waals surface area contributed by atoms with Crippen molar-refractivity contribution in [1.29, 1.82) is 0 Å². The average molecular weight is 466 g/mol. The van der Waals surface area contributed by atoms with Gasteiger partial charge in [0.05, 0.1) is 17.6 Å². The second-order valence-electron chi connectivity index (χ2n) is 9.58. The molecule has 1 saturated carbocycles. The standard InChI is InChI=1S/C26H25F2N3O3/c1-13-8-18(2-3-19(13)27)31-20-11-17-12-29-30-24(17)23(28)22(20)21(15-9-16(10-15)26(32)33)25(31)14-4-6-34-7-5-14/h2-3,8,11-12,14-16H,4-7,9-10H2,1H3,(H,29,30)(H,32,33)/t15-,16-. The Morgan fingerprint density at radius 2 is 1.94 bits per heavy atom. The summed E-state index contributed by atoms with van der Waals surface area (Å²) in [6.07, 6.45) is 4.14. The lowest BCUT2D eigenvalue weighted by atomic mass is 9.69. The van der Waals surface area contributed by atoms with Gasteiger partial charge >= 0.3 is 5.97 Å². The third-order valence-electron chi connectivity index (χ3n) is 7.59. The number of rotatable bonds is 4. The summed E-state index contributed by atoms with van der Waals surface area (Å²) >= 11 is 0. The van der Waals surface area contributed by atoms with E-state index in [9.17, 15) is 14.3 Å². The maximum absolute atomic E-state index is 16.1. The summed E-state index contributed by atoms with van der Waals surface area (Å²) in [5.41, 5.74) is 4.21. The molecule has 176 valence electrons. The van der Waals surface area contributed by atoms with Gasteiger partial charge < -0.3 is 14.4 Å². The first-order valence-corrected chi connectivity index (χ1v) is 11.7. The molecule has 2 aliphatic rings. The van der Waals surface area contributed by atoms with Crippen molar-refractivity contribution in [1.82, 2.24) is 14.8 Å². The van der Waals surface area contributed by atoms with E-state index < -0.39 is 11.9 Å². The van der Waals surface area contributed by atoms with Gasteiger partial charge in [0.15, 0.2) is 5.82 Å². The molecular weight excluding hydrogens is 440 g/mol. The third-order valence-corrected chi connectivity index (χ3v) is 7.59. The summed E-state index contributed by atoms with van der Waals surface area (Å²) in [4.78, 5) is 11.6. The normalized spacial score (nSPS) is 21.3. The molecule has 1 aliphatic carbocycles. The Hall–Kier alpha value is -3.26. The highest BCUT2D eigenvalue weighted by Gasteiger charge is 2.41. The highest BCUT2D eigenvalue weighted by molar-refractivity contribution is 6.00. The third kappa shape index (κ3) is 3.15. The highest BCUT2D eigenvalue weighted by atomic mass is 19.1.